The Morgan fingerprint density at radius 1 is 0.897 bits per heavy atom. The lowest BCUT2D eigenvalue weighted by molar-refractivity contribution is 0.0860. The number of nitrogens with one attached hydrogen (secondary N) is 1. The quantitative estimate of drug-likeness (QED) is 0.822. The van der Waals surface area contributed by atoms with E-state index in [1.54, 1.807) is 0 Å². The SMILES string of the molecule is O=C(N[C@H]1CC[C@@H](F)CN(C(=O)OCc2ccccc2)C1)OCc1ccccc1. The fourth-order valence-electron chi connectivity index (χ4n) is 3.15. The van der Waals surface area contributed by atoms with Crippen molar-refractivity contribution in [2.24, 2.45) is 0 Å². The summed E-state index contributed by atoms with van der Waals surface area (Å²) in [6.45, 7) is 0.387. The van der Waals surface area contributed by atoms with Gasteiger partial charge in [0.05, 0.1) is 12.6 Å². The fraction of sp³-hybridized carbons (Fsp3) is 0.364. The average molecular weight is 400 g/mol. The zero-order chi connectivity index (χ0) is 20.5. The summed E-state index contributed by atoms with van der Waals surface area (Å²) >= 11 is 0. The molecule has 2 atom stereocenters. The third-order valence-electron chi connectivity index (χ3n) is 4.69. The molecule has 1 heterocycles. The lowest BCUT2D eigenvalue weighted by Gasteiger charge is -2.24. The van der Waals surface area contributed by atoms with Crippen molar-refractivity contribution in [2.75, 3.05) is 13.1 Å². The van der Waals surface area contributed by atoms with Gasteiger partial charge in [0.1, 0.15) is 19.4 Å². The second-order valence-corrected chi connectivity index (χ2v) is 7.02. The number of amides is 2. The van der Waals surface area contributed by atoms with Crippen molar-refractivity contribution < 1.29 is 23.5 Å². The number of hydrogen-bond acceptors (Lipinski definition) is 4. The van der Waals surface area contributed by atoms with Gasteiger partial charge in [0.2, 0.25) is 0 Å². The van der Waals surface area contributed by atoms with Gasteiger partial charge in [-0.2, -0.15) is 0 Å². The van der Waals surface area contributed by atoms with Crippen LogP contribution in [0.1, 0.15) is 24.0 Å². The van der Waals surface area contributed by atoms with Crippen LogP contribution in [0.2, 0.25) is 0 Å². The van der Waals surface area contributed by atoms with Crippen molar-refractivity contribution in [3.8, 4) is 0 Å². The summed E-state index contributed by atoms with van der Waals surface area (Å²) in [7, 11) is 0. The minimum atomic E-state index is -1.16. The number of alkyl halides is 1. The summed E-state index contributed by atoms with van der Waals surface area (Å²) < 4.78 is 24.6. The van der Waals surface area contributed by atoms with Gasteiger partial charge in [-0.15, -0.1) is 0 Å². The lowest BCUT2D eigenvalue weighted by atomic mass is 10.1. The Bertz CT molecular complexity index is 788. The molecule has 1 N–H and O–H groups in total. The summed E-state index contributed by atoms with van der Waals surface area (Å²) in [5.41, 5.74) is 1.73. The maximum absolute atomic E-state index is 14.1. The number of carbonyl (C=O) groups is 2. The molecule has 0 aromatic heterocycles. The van der Waals surface area contributed by atoms with E-state index in [1.807, 2.05) is 60.7 Å². The molecule has 2 aromatic carbocycles. The summed E-state index contributed by atoms with van der Waals surface area (Å²) in [6, 6.07) is 18.2. The highest BCUT2D eigenvalue weighted by Gasteiger charge is 2.29. The third-order valence-corrected chi connectivity index (χ3v) is 4.69. The molecule has 29 heavy (non-hydrogen) atoms. The molecule has 3 rings (SSSR count). The molecule has 6 nitrogen and oxygen atoms in total. The molecule has 2 aromatic rings. The first-order valence-corrected chi connectivity index (χ1v) is 9.67. The van der Waals surface area contributed by atoms with Gasteiger partial charge >= 0.3 is 12.2 Å². The predicted octanol–water partition coefficient (Wildman–Crippen LogP) is 4.05. The first-order chi connectivity index (χ1) is 14.1. The van der Waals surface area contributed by atoms with Crippen LogP contribution in [0, 0.1) is 0 Å². The van der Waals surface area contributed by atoms with E-state index in [-0.39, 0.29) is 32.7 Å². The van der Waals surface area contributed by atoms with Crippen molar-refractivity contribution in [3.63, 3.8) is 0 Å². The van der Waals surface area contributed by atoms with Gasteiger partial charge in [0.15, 0.2) is 0 Å². The van der Waals surface area contributed by atoms with Gasteiger partial charge in [0.25, 0.3) is 0 Å². The van der Waals surface area contributed by atoms with Crippen molar-refractivity contribution >= 4 is 12.2 Å². The third kappa shape index (κ3) is 6.78. The first kappa shape index (κ1) is 20.6. The van der Waals surface area contributed by atoms with Crippen molar-refractivity contribution in [3.05, 3.63) is 71.8 Å². The monoisotopic (exact) mass is 400 g/mol. The fourth-order valence-corrected chi connectivity index (χ4v) is 3.15. The van der Waals surface area contributed by atoms with E-state index in [0.717, 1.165) is 11.1 Å². The molecular formula is C22H25FN2O4. The Labute approximate surface area is 169 Å². The topological polar surface area (TPSA) is 67.9 Å². The molecule has 7 heteroatoms. The van der Waals surface area contributed by atoms with Crippen molar-refractivity contribution in [1.82, 2.24) is 10.2 Å². The molecule has 1 fully saturated rings. The summed E-state index contributed by atoms with van der Waals surface area (Å²) in [5.74, 6) is 0. The van der Waals surface area contributed by atoms with Crippen LogP contribution >= 0.6 is 0 Å². The molecule has 0 saturated carbocycles. The zero-order valence-electron chi connectivity index (χ0n) is 16.1. The number of alkyl carbamates (subject to hydrolysis) is 1. The van der Waals surface area contributed by atoms with E-state index in [1.165, 1.54) is 4.90 Å². The largest absolute Gasteiger partial charge is 0.445 e. The number of carbonyl (C=O) groups excluding carboxylic acids is 2. The average Bonchev–Trinajstić information content (AvgIpc) is 2.93. The Kier molecular flexibility index (Phi) is 7.44. The van der Waals surface area contributed by atoms with Gasteiger partial charge in [-0.1, -0.05) is 60.7 Å². The van der Waals surface area contributed by atoms with Crippen LogP contribution in [-0.4, -0.2) is 42.4 Å². The molecule has 154 valence electrons. The standard InChI is InChI=1S/C22H25FN2O4/c23-19-11-12-20(24-21(26)28-15-17-7-3-1-4-8-17)14-25(13-19)22(27)29-16-18-9-5-2-6-10-18/h1-10,19-20H,11-16H2,(H,24,26)/t19-,20+/m1/s1. The number of hydrogen-bond donors (Lipinski definition) is 1. The van der Waals surface area contributed by atoms with Crippen molar-refractivity contribution in [2.45, 2.75) is 38.3 Å². The molecule has 2 amide bonds. The zero-order valence-corrected chi connectivity index (χ0v) is 16.1. The van der Waals surface area contributed by atoms with Gasteiger partial charge in [-0.05, 0) is 24.0 Å². The van der Waals surface area contributed by atoms with Gasteiger partial charge < -0.3 is 19.7 Å². The Morgan fingerprint density at radius 2 is 1.48 bits per heavy atom. The minimum Gasteiger partial charge on any atom is -0.445 e. The van der Waals surface area contributed by atoms with Crippen LogP contribution < -0.4 is 5.32 Å². The Morgan fingerprint density at radius 3 is 2.10 bits per heavy atom. The van der Waals surface area contributed by atoms with E-state index >= 15 is 0 Å². The van der Waals surface area contributed by atoms with Crippen LogP contribution in [0.3, 0.4) is 0 Å². The lowest BCUT2D eigenvalue weighted by Crippen LogP contribution is -2.45. The molecular weight excluding hydrogens is 375 g/mol. The van der Waals surface area contributed by atoms with Crippen LogP contribution in [0.15, 0.2) is 60.7 Å². The smallest absolute Gasteiger partial charge is 0.410 e. The van der Waals surface area contributed by atoms with Gasteiger partial charge in [0, 0.05) is 6.54 Å². The van der Waals surface area contributed by atoms with E-state index in [0.29, 0.717) is 6.42 Å². The minimum absolute atomic E-state index is 0.0507. The van der Waals surface area contributed by atoms with E-state index < -0.39 is 24.4 Å². The molecule has 0 aliphatic carbocycles. The molecule has 0 radical (unpaired) electrons. The number of likely N-dealkylation sites (tertiary alicyclic amines) is 1. The first-order valence-electron chi connectivity index (χ1n) is 9.67. The highest BCUT2D eigenvalue weighted by Crippen LogP contribution is 2.16. The molecule has 1 aliphatic heterocycles. The number of rotatable bonds is 5. The molecule has 0 spiro atoms. The molecule has 0 unspecified atom stereocenters. The van der Waals surface area contributed by atoms with E-state index in [2.05, 4.69) is 5.32 Å². The number of ether oxygens (including phenoxy) is 2. The number of benzene rings is 2. The highest BCUT2D eigenvalue weighted by molar-refractivity contribution is 5.69. The molecule has 1 saturated heterocycles. The second kappa shape index (κ2) is 10.5. The van der Waals surface area contributed by atoms with E-state index in [4.69, 9.17) is 9.47 Å². The molecule has 0 bridgehead atoms. The summed E-state index contributed by atoms with van der Waals surface area (Å²) in [5, 5.41) is 2.73. The predicted molar refractivity (Wildman–Crippen MR) is 106 cm³/mol. The maximum atomic E-state index is 14.1. The van der Waals surface area contributed by atoms with Gasteiger partial charge in [-0.25, -0.2) is 14.0 Å². The summed E-state index contributed by atoms with van der Waals surface area (Å²) in [4.78, 5) is 25.8. The normalized spacial score (nSPS) is 19.1. The summed E-state index contributed by atoms with van der Waals surface area (Å²) in [6.07, 6.45) is -1.67. The Balaban J connectivity index is 1.50. The molecule has 1 aliphatic rings. The van der Waals surface area contributed by atoms with Crippen LogP contribution in [0.4, 0.5) is 14.0 Å². The number of nitrogens with zero attached hydrogens (tertiary/aromatic N) is 1. The van der Waals surface area contributed by atoms with Crippen molar-refractivity contribution in [1.29, 1.82) is 0 Å². The van der Waals surface area contributed by atoms with E-state index in [9.17, 15) is 14.0 Å². The second-order valence-electron chi connectivity index (χ2n) is 7.02. The highest BCUT2D eigenvalue weighted by atomic mass is 19.1. The number of halogens is 1. The van der Waals surface area contributed by atoms with Gasteiger partial charge in [-0.3, -0.25) is 0 Å². The Hall–Kier alpha value is -3.09. The maximum Gasteiger partial charge on any atom is 0.410 e. The van der Waals surface area contributed by atoms with Crippen LogP contribution in [-0.2, 0) is 22.7 Å². The van der Waals surface area contributed by atoms with Crippen LogP contribution in [0.25, 0.3) is 0 Å². The van der Waals surface area contributed by atoms with Crippen LogP contribution in [0.5, 0.6) is 0 Å².